The molecule has 1 amide bonds. The number of rotatable bonds is 7. The molecule has 5 aromatic rings. The van der Waals surface area contributed by atoms with Crippen molar-refractivity contribution in [2.75, 3.05) is 5.75 Å². The van der Waals surface area contributed by atoms with Crippen LogP contribution in [0.4, 0.5) is 0 Å². The third-order valence-corrected chi connectivity index (χ3v) is 6.51. The number of nitrogens with one attached hydrogen (secondary N) is 2. The number of aryl methyl sites for hydroxylation is 2. The number of amides is 1. The van der Waals surface area contributed by atoms with E-state index >= 15 is 0 Å². The third kappa shape index (κ3) is 5.02. The van der Waals surface area contributed by atoms with Crippen molar-refractivity contribution >= 4 is 34.8 Å². The van der Waals surface area contributed by atoms with Crippen molar-refractivity contribution in [3.8, 4) is 17.1 Å². The maximum absolute atomic E-state index is 12.5. The monoisotopic (exact) mass is 480 g/mol. The molecule has 2 N–H and O–H groups in total. The Morgan fingerprint density at radius 2 is 1.71 bits per heavy atom. The van der Waals surface area contributed by atoms with Crippen molar-refractivity contribution in [2.45, 2.75) is 19.0 Å². The van der Waals surface area contributed by atoms with E-state index in [9.17, 15) is 4.79 Å². The number of hydrazone groups is 1. The second kappa shape index (κ2) is 9.99. The van der Waals surface area contributed by atoms with Crippen molar-refractivity contribution in [1.29, 1.82) is 0 Å². The molecular formula is C27H24N6OS. The molecule has 2 heterocycles. The molecule has 0 fully saturated rings. The van der Waals surface area contributed by atoms with Crippen LogP contribution in [0.1, 0.15) is 16.7 Å². The first kappa shape index (κ1) is 22.6. The number of aromatic amines is 1. The second-order valence-electron chi connectivity index (χ2n) is 8.21. The summed E-state index contributed by atoms with van der Waals surface area (Å²) in [7, 11) is 0. The number of hydrogen-bond donors (Lipinski definition) is 2. The van der Waals surface area contributed by atoms with E-state index in [1.165, 1.54) is 22.9 Å². The quantitative estimate of drug-likeness (QED) is 0.189. The molecule has 0 aliphatic carbocycles. The van der Waals surface area contributed by atoms with Crippen LogP contribution in [-0.2, 0) is 4.79 Å². The maximum atomic E-state index is 12.5. The number of carbonyl (C=O) groups excluding carboxylic acids is 1. The van der Waals surface area contributed by atoms with Gasteiger partial charge in [0, 0.05) is 33.9 Å². The van der Waals surface area contributed by atoms with Gasteiger partial charge in [-0.25, -0.2) is 5.43 Å². The third-order valence-electron chi connectivity index (χ3n) is 5.58. The number of thioether (sulfide) groups is 1. The van der Waals surface area contributed by atoms with Crippen LogP contribution >= 0.6 is 11.8 Å². The summed E-state index contributed by atoms with van der Waals surface area (Å²) in [6.45, 7) is 4.10. The van der Waals surface area contributed by atoms with Crippen molar-refractivity contribution in [1.82, 2.24) is 25.2 Å². The molecule has 0 bridgehead atoms. The minimum atomic E-state index is -0.221. The van der Waals surface area contributed by atoms with Gasteiger partial charge in [-0.3, -0.25) is 9.36 Å². The summed E-state index contributed by atoms with van der Waals surface area (Å²) in [6.07, 6.45) is 3.51. The van der Waals surface area contributed by atoms with Gasteiger partial charge in [0.2, 0.25) is 0 Å². The molecule has 0 atom stereocenters. The largest absolute Gasteiger partial charge is 0.361 e. The lowest BCUT2D eigenvalue weighted by Crippen LogP contribution is -2.20. The molecular weight excluding hydrogens is 456 g/mol. The van der Waals surface area contributed by atoms with Crippen LogP contribution in [0.15, 0.2) is 89.3 Å². The van der Waals surface area contributed by atoms with E-state index in [1.807, 2.05) is 66.2 Å². The molecule has 0 aliphatic heterocycles. The zero-order chi connectivity index (χ0) is 24.2. The van der Waals surface area contributed by atoms with Crippen molar-refractivity contribution in [3.05, 3.63) is 95.7 Å². The minimum absolute atomic E-state index is 0.156. The Balaban J connectivity index is 1.32. The van der Waals surface area contributed by atoms with E-state index in [-0.39, 0.29) is 11.7 Å². The van der Waals surface area contributed by atoms with Crippen LogP contribution in [0, 0.1) is 13.8 Å². The summed E-state index contributed by atoms with van der Waals surface area (Å²) in [6, 6.07) is 24.3. The van der Waals surface area contributed by atoms with Gasteiger partial charge in [-0.2, -0.15) is 5.10 Å². The van der Waals surface area contributed by atoms with E-state index in [0.29, 0.717) is 5.16 Å². The number of fused-ring (bicyclic) bond motifs is 1. The highest BCUT2D eigenvalue weighted by atomic mass is 32.2. The molecule has 0 aliphatic rings. The van der Waals surface area contributed by atoms with Crippen molar-refractivity contribution < 1.29 is 4.79 Å². The number of aromatic nitrogens is 4. The van der Waals surface area contributed by atoms with Gasteiger partial charge in [0.15, 0.2) is 11.0 Å². The summed E-state index contributed by atoms with van der Waals surface area (Å²) >= 11 is 1.32. The topological polar surface area (TPSA) is 88.0 Å². The van der Waals surface area contributed by atoms with Gasteiger partial charge in [-0.1, -0.05) is 77.5 Å². The zero-order valence-corrected chi connectivity index (χ0v) is 20.2. The van der Waals surface area contributed by atoms with E-state index in [1.54, 1.807) is 6.21 Å². The van der Waals surface area contributed by atoms with Gasteiger partial charge in [-0.15, -0.1) is 10.2 Å². The smallest absolute Gasteiger partial charge is 0.250 e. The SMILES string of the molecule is Cc1ccc(-c2nnc(SCC(=O)NN=Cc3c[nH]c4ccccc34)n2-c2ccc(C)cc2)cc1. The highest BCUT2D eigenvalue weighted by Crippen LogP contribution is 2.28. The van der Waals surface area contributed by atoms with Crippen molar-refractivity contribution in [2.24, 2.45) is 5.10 Å². The number of para-hydroxylation sites is 1. The van der Waals surface area contributed by atoms with Crippen LogP contribution in [0.25, 0.3) is 28.0 Å². The first-order chi connectivity index (χ1) is 17.1. The summed E-state index contributed by atoms with van der Waals surface area (Å²) < 4.78 is 1.98. The van der Waals surface area contributed by atoms with E-state index in [4.69, 9.17) is 0 Å². The standard InChI is InChI=1S/C27H24N6OS/c1-18-7-11-20(12-8-18)26-31-32-27(33(26)22-13-9-19(2)10-14-22)35-17-25(34)30-29-16-21-15-28-24-6-4-3-5-23(21)24/h3-16,28H,17H2,1-2H3,(H,30,34). The van der Waals surface area contributed by atoms with Crippen molar-refractivity contribution in [3.63, 3.8) is 0 Å². The average Bonchev–Trinajstić information content (AvgIpc) is 3.48. The molecule has 0 saturated carbocycles. The highest BCUT2D eigenvalue weighted by Gasteiger charge is 2.17. The lowest BCUT2D eigenvalue weighted by Gasteiger charge is -2.11. The number of benzene rings is 3. The lowest BCUT2D eigenvalue weighted by atomic mass is 10.1. The first-order valence-corrected chi connectivity index (χ1v) is 12.2. The van der Waals surface area contributed by atoms with Gasteiger partial charge in [0.1, 0.15) is 0 Å². The first-order valence-electron chi connectivity index (χ1n) is 11.2. The predicted octanol–water partition coefficient (Wildman–Crippen LogP) is 5.27. The molecule has 3 aromatic carbocycles. The second-order valence-corrected chi connectivity index (χ2v) is 9.16. The lowest BCUT2D eigenvalue weighted by molar-refractivity contribution is -0.118. The Labute approximate surface area is 207 Å². The maximum Gasteiger partial charge on any atom is 0.250 e. The molecule has 35 heavy (non-hydrogen) atoms. The molecule has 0 spiro atoms. The van der Waals surface area contributed by atoms with E-state index in [0.717, 1.165) is 33.5 Å². The van der Waals surface area contributed by atoms with Gasteiger partial charge >= 0.3 is 0 Å². The highest BCUT2D eigenvalue weighted by molar-refractivity contribution is 7.99. The van der Waals surface area contributed by atoms with Gasteiger partial charge < -0.3 is 4.98 Å². The molecule has 0 unspecified atom stereocenters. The van der Waals surface area contributed by atoms with Crippen LogP contribution < -0.4 is 5.43 Å². The summed E-state index contributed by atoms with van der Waals surface area (Å²) in [5.74, 6) is 0.666. The fourth-order valence-electron chi connectivity index (χ4n) is 3.72. The molecule has 2 aromatic heterocycles. The van der Waals surface area contributed by atoms with Crippen LogP contribution in [0.5, 0.6) is 0 Å². The van der Waals surface area contributed by atoms with Crippen LogP contribution in [0.2, 0.25) is 0 Å². The van der Waals surface area contributed by atoms with E-state index < -0.39 is 0 Å². The molecule has 7 nitrogen and oxygen atoms in total. The summed E-state index contributed by atoms with van der Waals surface area (Å²) in [5, 5.41) is 14.7. The Bertz CT molecular complexity index is 1500. The number of carbonyl (C=O) groups is 1. The van der Waals surface area contributed by atoms with Gasteiger partial charge in [0.05, 0.1) is 12.0 Å². The van der Waals surface area contributed by atoms with Gasteiger partial charge in [0.25, 0.3) is 5.91 Å². The number of H-pyrrole nitrogens is 1. The molecule has 5 rings (SSSR count). The van der Waals surface area contributed by atoms with Crippen LogP contribution in [0.3, 0.4) is 0 Å². The summed E-state index contributed by atoms with van der Waals surface area (Å²) in [4.78, 5) is 15.7. The van der Waals surface area contributed by atoms with Gasteiger partial charge in [-0.05, 0) is 32.0 Å². The Morgan fingerprint density at radius 1 is 1.00 bits per heavy atom. The molecule has 0 radical (unpaired) electrons. The molecule has 8 heteroatoms. The normalized spacial score (nSPS) is 11.4. The zero-order valence-electron chi connectivity index (χ0n) is 19.4. The fourth-order valence-corrected chi connectivity index (χ4v) is 4.46. The molecule has 174 valence electrons. The Kier molecular flexibility index (Phi) is 6.45. The Hall–Kier alpha value is -4.17. The fraction of sp³-hybridized carbons (Fsp3) is 0.111. The number of hydrogen-bond acceptors (Lipinski definition) is 5. The summed E-state index contributed by atoms with van der Waals surface area (Å²) in [5.41, 5.74) is 8.79. The number of nitrogens with zero attached hydrogens (tertiary/aromatic N) is 4. The van der Waals surface area contributed by atoms with Crippen LogP contribution in [-0.4, -0.2) is 37.6 Å². The Morgan fingerprint density at radius 3 is 2.49 bits per heavy atom. The average molecular weight is 481 g/mol. The molecule has 0 saturated heterocycles. The van der Waals surface area contributed by atoms with E-state index in [2.05, 4.69) is 56.9 Å². The minimum Gasteiger partial charge on any atom is -0.361 e. The predicted molar refractivity (Wildman–Crippen MR) is 141 cm³/mol.